The van der Waals surface area contributed by atoms with E-state index in [-0.39, 0.29) is 0 Å². The number of hydrogen-bond acceptors (Lipinski definition) is 2. The predicted octanol–water partition coefficient (Wildman–Crippen LogP) is 3.90. The average Bonchev–Trinajstić information content (AvgIpc) is 2.90. The molecule has 0 bridgehead atoms. The molecular formula is C15H12ClN3. The van der Waals surface area contributed by atoms with Crippen molar-refractivity contribution in [3.63, 3.8) is 0 Å². The predicted molar refractivity (Wildman–Crippen MR) is 76.5 cm³/mol. The van der Waals surface area contributed by atoms with Crippen molar-refractivity contribution >= 4 is 11.6 Å². The third kappa shape index (κ3) is 2.51. The van der Waals surface area contributed by atoms with Crippen LogP contribution in [0.25, 0.3) is 16.9 Å². The number of nitrogens with zero attached hydrogens (tertiary/aromatic N) is 3. The fourth-order valence-corrected chi connectivity index (χ4v) is 1.94. The first-order valence-corrected chi connectivity index (χ1v) is 6.35. The zero-order valence-electron chi connectivity index (χ0n) is 10.4. The van der Waals surface area contributed by atoms with E-state index in [1.807, 2.05) is 48.5 Å². The highest BCUT2D eigenvalue weighted by Crippen LogP contribution is 2.19. The van der Waals surface area contributed by atoms with Crippen LogP contribution in [0.3, 0.4) is 0 Å². The number of rotatable bonds is 2. The molecule has 0 saturated heterocycles. The van der Waals surface area contributed by atoms with Crippen molar-refractivity contribution in [1.82, 2.24) is 15.0 Å². The van der Waals surface area contributed by atoms with Gasteiger partial charge in [-0.3, -0.25) is 0 Å². The maximum Gasteiger partial charge on any atom is 0.113 e. The molecule has 0 amide bonds. The van der Waals surface area contributed by atoms with Gasteiger partial charge in [0.15, 0.2) is 0 Å². The Morgan fingerprint density at radius 3 is 2.32 bits per heavy atom. The molecule has 3 nitrogen and oxygen atoms in total. The third-order valence-corrected chi connectivity index (χ3v) is 3.15. The maximum atomic E-state index is 5.87. The summed E-state index contributed by atoms with van der Waals surface area (Å²) in [5.41, 5.74) is 4.00. The van der Waals surface area contributed by atoms with Crippen LogP contribution < -0.4 is 0 Å². The van der Waals surface area contributed by atoms with Gasteiger partial charge in [0.2, 0.25) is 0 Å². The van der Waals surface area contributed by atoms with Crippen LogP contribution in [0.4, 0.5) is 0 Å². The Morgan fingerprint density at radius 2 is 1.63 bits per heavy atom. The molecule has 3 rings (SSSR count). The highest BCUT2D eigenvalue weighted by Gasteiger charge is 2.05. The summed E-state index contributed by atoms with van der Waals surface area (Å²) in [5, 5.41) is 9.48. The van der Waals surface area contributed by atoms with Crippen molar-refractivity contribution in [1.29, 1.82) is 0 Å². The molecule has 0 spiro atoms. The summed E-state index contributed by atoms with van der Waals surface area (Å²) in [4.78, 5) is 1.63. The van der Waals surface area contributed by atoms with E-state index in [2.05, 4.69) is 17.1 Å². The van der Waals surface area contributed by atoms with E-state index < -0.39 is 0 Å². The molecule has 0 radical (unpaired) electrons. The van der Waals surface area contributed by atoms with E-state index in [0.717, 1.165) is 22.0 Å². The van der Waals surface area contributed by atoms with Crippen LogP contribution in [-0.2, 0) is 0 Å². The van der Waals surface area contributed by atoms with Gasteiger partial charge in [-0.05, 0) is 31.2 Å². The zero-order chi connectivity index (χ0) is 13.2. The Kier molecular flexibility index (Phi) is 3.05. The quantitative estimate of drug-likeness (QED) is 0.706. The van der Waals surface area contributed by atoms with E-state index in [1.165, 1.54) is 5.56 Å². The fraction of sp³-hybridized carbons (Fsp3) is 0.0667. The highest BCUT2D eigenvalue weighted by atomic mass is 35.5. The SMILES string of the molecule is Cc1ccc(-n2ncc(-c3ccc(Cl)cc3)n2)cc1. The topological polar surface area (TPSA) is 30.7 Å². The van der Waals surface area contributed by atoms with Crippen molar-refractivity contribution in [2.75, 3.05) is 0 Å². The van der Waals surface area contributed by atoms with Crippen molar-refractivity contribution in [2.24, 2.45) is 0 Å². The summed E-state index contributed by atoms with van der Waals surface area (Å²) >= 11 is 5.87. The molecule has 0 atom stereocenters. The number of aryl methyl sites for hydroxylation is 1. The molecule has 0 fully saturated rings. The van der Waals surface area contributed by atoms with Gasteiger partial charge in [0.05, 0.1) is 11.9 Å². The first kappa shape index (κ1) is 11.9. The molecule has 3 aromatic rings. The molecule has 0 unspecified atom stereocenters. The van der Waals surface area contributed by atoms with Crippen LogP contribution in [0.15, 0.2) is 54.7 Å². The first-order valence-electron chi connectivity index (χ1n) is 5.98. The monoisotopic (exact) mass is 269 g/mol. The number of hydrogen-bond donors (Lipinski definition) is 0. The Hall–Kier alpha value is -2.13. The Labute approximate surface area is 116 Å². The summed E-state index contributed by atoms with van der Waals surface area (Å²) in [6.07, 6.45) is 1.75. The fourth-order valence-electron chi connectivity index (χ4n) is 1.82. The number of benzene rings is 2. The van der Waals surface area contributed by atoms with Gasteiger partial charge in [-0.15, -0.1) is 5.10 Å². The molecule has 2 aromatic carbocycles. The third-order valence-electron chi connectivity index (χ3n) is 2.90. The second kappa shape index (κ2) is 4.86. The van der Waals surface area contributed by atoms with Crippen LogP contribution in [0.5, 0.6) is 0 Å². The Bertz CT molecular complexity index is 624. The minimum absolute atomic E-state index is 0.717. The van der Waals surface area contributed by atoms with E-state index in [0.29, 0.717) is 0 Å². The maximum absolute atomic E-state index is 5.87. The van der Waals surface area contributed by atoms with Gasteiger partial charge in [-0.1, -0.05) is 41.4 Å². The normalized spacial score (nSPS) is 10.6. The average molecular weight is 270 g/mol. The molecule has 4 heteroatoms. The van der Waals surface area contributed by atoms with Gasteiger partial charge in [0.25, 0.3) is 0 Å². The van der Waals surface area contributed by atoms with Gasteiger partial charge in [-0.2, -0.15) is 9.90 Å². The van der Waals surface area contributed by atoms with Gasteiger partial charge >= 0.3 is 0 Å². The standard InChI is InChI=1S/C15H12ClN3/c1-11-2-8-14(9-3-11)19-17-10-15(18-19)12-4-6-13(16)7-5-12/h2-10H,1H3. The number of halogens is 1. The second-order valence-electron chi connectivity index (χ2n) is 4.36. The van der Waals surface area contributed by atoms with Crippen molar-refractivity contribution < 1.29 is 0 Å². The van der Waals surface area contributed by atoms with Gasteiger partial charge in [0.1, 0.15) is 5.69 Å². The zero-order valence-corrected chi connectivity index (χ0v) is 11.2. The lowest BCUT2D eigenvalue weighted by atomic mass is 10.2. The van der Waals surface area contributed by atoms with Crippen molar-refractivity contribution in [3.8, 4) is 16.9 Å². The van der Waals surface area contributed by atoms with Crippen LogP contribution in [0.2, 0.25) is 5.02 Å². The van der Waals surface area contributed by atoms with Gasteiger partial charge in [0, 0.05) is 10.6 Å². The second-order valence-corrected chi connectivity index (χ2v) is 4.80. The first-order chi connectivity index (χ1) is 9.22. The summed E-state index contributed by atoms with van der Waals surface area (Å²) in [5.74, 6) is 0. The van der Waals surface area contributed by atoms with Crippen LogP contribution in [-0.4, -0.2) is 15.0 Å². The molecule has 94 valence electrons. The van der Waals surface area contributed by atoms with Crippen LogP contribution in [0, 0.1) is 6.92 Å². The minimum Gasteiger partial charge on any atom is -0.156 e. The summed E-state index contributed by atoms with van der Waals surface area (Å²) in [6.45, 7) is 2.05. The number of aromatic nitrogens is 3. The van der Waals surface area contributed by atoms with E-state index in [4.69, 9.17) is 11.6 Å². The lowest BCUT2D eigenvalue weighted by molar-refractivity contribution is 0.753. The summed E-state index contributed by atoms with van der Waals surface area (Å²) in [7, 11) is 0. The summed E-state index contributed by atoms with van der Waals surface area (Å²) < 4.78 is 0. The molecule has 1 heterocycles. The molecule has 1 aromatic heterocycles. The Morgan fingerprint density at radius 1 is 0.947 bits per heavy atom. The highest BCUT2D eigenvalue weighted by molar-refractivity contribution is 6.30. The molecule has 0 aliphatic carbocycles. The van der Waals surface area contributed by atoms with Crippen LogP contribution in [0.1, 0.15) is 5.56 Å². The van der Waals surface area contributed by atoms with E-state index in [1.54, 1.807) is 11.0 Å². The largest absolute Gasteiger partial charge is 0.156 e. The van der Waals surface area contributed by atoms with E-state index >= 15 is 0 Å². The van der Waals surface area contributed by atoms with Crippen molar-refractivity contribution in [3.05, 3.63) is 65.3 Å². The summed E-state index contributed by atoms with van der Waals surface area (Å²) in [6, 6.07) is 15.7. The smallest absolute Gasteiger partial charge is 0.113 e. The molecule has 0 aliphatic heterocycles. The molecule has 0 saturated carbocycles. The lowest BCUT2D eigenvalue weighted by Crippen LogP contribution is -1.98. The van der Waals surface area contributed by atoms with Gasteiger partial charge < -0.3 is 0 Å². The molecule has 0 N–H and O–H groups in total. The van der Waals surface area contributed by atoms with E-state index in [9.17, 15) is 0 Å². The lowest BCUT2D eigenvalue weighted by Gasteiger charge is -2.00. The van der Waals surface area contributed by atoms with Crippen molar-refractivity contribution in [2.45, 2.75) is 6.92 Å². The Balaban J connectivity index is 1.95. The minimum atomic E-state index is 0.717. The van der Waals surface area contributed by atoms with Crippen LogP contribution >= 0.6 is 11.6 Å². The van der Waals surface area contributed by atoms with Gasteiger partial charge in [-0.25, -0.2) is 0 Å². The molecular weight excluding hydrogens is 258 g/mol. The molecule has 19 heavy (non-hydrogen) atoms. The molecule has 0 aliphatic rings.